The Morgan fingerprint density at radius 2 is 2.00 bits per heavy atom. The molecule has 1 unspecified atom stereocenters. The molecule has 1 N–H and O–H groups in total. The minimum atomic E-state index is -0.170. The Bertz CT molecular complexity index is 531. The monoisotopic (exact) mass is 227 g/mol. The highest BCUT2D eigenvalue weighted by molar-refractivity contribution is 5.98. The second kappa shape index (κ2) is 4.18. The van der Waals surface area contributed by atoms with Gasteiger partial charge in [0, 0.05) is 6.54 Å². The number of furan rings is 1. The SMILES string of the molecule is O=C(c1ccco1)C1Cc2ccccc2CN1. The summed E-state index contributed by atoms with van der Waals surface area (Å²) < 4.78 is 5.15. The maximum atomic E-state index is 12.1. The molecule has 2 aromatic rings. The first-order valence-corrected chi connectivity index (χ1v) is 5.72. The molecule has 0 amide bonds. The van der Waals surface area contributed by atoms with Crippen LogP contribution in [-0.2, 0) is 13.0 Å². The van der Waals surface area contributed by atoms with E-state index in [2.05, 4.69) is 17.4 Å². The fourth-order valence-corrected chi connectivity index (χ4v) is 2.23. The van der Waals surface area contributed by atoms with Gasteiger partial charge in [0.1, 0.15) is 0 Å². The topological polar surface area (TPSA) is 42.2 Å². The van der Waals surface area contributed by atoms with Gasteiger partial charge in [-0.15, -0.1) is 0 Å². The average molecular weight is 227 g/mol. The number of carbonyl (C=O) groups is 1. The fourth-order valence-electron chi connectivity index (χ4n) is 2.23. The molecule has 3 heteroatoms. The van der Waals surface area contributed by atoms with E-state index in [1.165, 1.54) is 17.4 Å². The smallest absolute Gasteiger partial charge is 0.215 e. The van der Waals surface area contributed by atoms with E-state index in [1.54, 1.807) is 12.1 Å². The summed E-state index contributed by atoms with van der Waals surface area (Å²) in [5, 5.41) is 3.25. The number of carbonyl (C=O) groups excluding carboxylic acids is 1. The summed E-state index contributed by atoms with van der Waals surface area (Å²) in [6.45, 7) is 0.743. The first-order chi connectivity index (χ1) is 8.34. The number of hydrogen-bond donors (Lipinski definition) is 1. The number of benzene rings is 1. The number of nitrogens with one attached hydrogen (secondary N) is 1. The minimum absolute atomic E-state index is 0.0319. The van der Waals surface area contributed by atoms with E-state index in [0.717, 1.165) is 13.0 Å². The van der Waals surface area contributed by atoms with Crippen molar-refractivity contribution in [2.45, 2.75) is 19.0 Å². The van der Waals surface area contributed by atoms with Gasteiger partial charge in [-0.2, -0.15) is 0 Å². The summed E-state index contributed by atoms with van der Waals surface area (Å²) in [6.07, 6.45) is 2.26. The van der Waals surface area contributed by atoms with Crippen LogP contribution in [0.25, 0.3) is 0 Å². The standard InChI is InChI=1S/C14H13NO2/c16-14(13-6-3-7-17-13)12-8-10-4-1-2-5-11(10)9-15-12/h1-7,12,15H,8-9H2. The van der Waals surface area contributed by atoms with Crippen LogP contribution >= 0.6 is 0 Å². The second-order valence-corrected chi connectivity index (χ2v) is 4.25. The quantitative estimate of drug-likeness (QED) is 0.799. The Labute approximate surface area is 99.4 Å². The first-order valence-electron chi connectivity index (χ1n) is 5.72. The lowest BCUT2D eigenvalue weighted by Crippen LogP contribution is -2.41. The predicted molar refractivity (Wildman–Crippen MR) is 63.8 cm³/mol. The van der Waals surface area contributed by atoms with Crippen LogP contribution in [-0.4, -0.2) is 11.8 Å². The molecule has 3 rings (SSSR count). The number of ketones is 1. The van der Waals surface area contributed by atoms with Crippen LogP contribution in [0.2, 0.25) is 0 Å². The second-order valence-electron chi connectivity index (χ2n) is 4.25. The van der Waals surface area contributed by atoms with E-state index < -0.39 is 0 Å². The third-order valence-corrected chi connectivity index (χ3v) is 3.16. The molecule has 3 nitrogen and oxygen atoms in total. The summed E-state index contributed by atoms with van der Waals surface area (Å²) in [7, 11) is 0. The van der Waals surface area contributed by atoms with Crippen molar-refractivity contribution >= 4 is 5.78 Å². The van der Waals surface area contributed by atoms with Crippen molar-refractivity contribution in [2.75, 3.05) is 0 Å². The Morgan fingerprint density at radius 3 is 2.76 bits per heavy atom. The fraction of sp³-hybridized carbons (Fsp3) is 0.214. The summed E-state index contributed by atoms with van der Waals surface area (Å²) in [6, 6.07) is 11.5. The summed E-state index contributed by atoms with van der Waals surface area (Å²) in [4.78, 5) is 12.1. The number of Topliss-reactive ketones (excluding diaryl/α,β-unsaturated/α-hetero) is 1. The van der Waals surface area contributed by atoms with Crippen LogP contribution in [0.15, 0.2) is 47.1 Å². The van der Waals surface area contributed by atoms with Gasteiger partial charge in [0.15, 0.2) is 5.76 Å². The molecule has 2 heterocycles. The van der Waals surface area contributed by atoms with Crippen LogP contribution in [0.5, 0.6) is 0 Å². The van der Waals surface area contributed by atoms with Crippen molar-refractivity contribution in [3.8, 4) is 0 Å². The maximum absolute atomic E-state index is 12.1. The summed E-state index contributed by atoms with van der Waals surface area (Å²) in [5.74, 6) is 0.464. The van der Waals surface area contributed by atoms with E-state index in [4.69, 9.17) is 4.42 Å². The molecule has 86 valence electrons. The van der Waals surface area contributed by atoms with Crippen LogP contribution in [0.3, 0.4) is 0 Å². The number of hydrogen-bond acceptors (Lipinski definition) is 3. The van der Waals surface area contributed by atoms with Gasteiger partial charge in [-0.1, -0.05) is 24.3 Å². The van der Waals surface area contributed by atoms with Crippen LogP contribution in [0, 0.1) is 0 Å². The molecule has 17 heavy (non-hydrogen) atoms. The van der Waals surface area contributed by atoms with Gasteiger partial charge < -0.3 is 9.73 Å². The Kier molecular flexibility index (Phi) is 2.53. The molecule has 0 fully saturated rings. The van der Waals surface area contributed by atoms with Crippen LogP contribution in [0.4, 0.5) is 0 Å². The number of rotatable bonds is 2. The summed E-state index contributed by atoms with van der Waals surface area (Å²) in [5.41, 5.74) is 2.52. The lowest BCUT2D eigenvalue weighted by atomic mass is 9.93. The molecule has 0 aliphatic carbocycles. The van der Waals surface area contributed by atoms with Crippen molar-refractivity contribution in [1.29, 1.82) is 0 Å². The van der Waals surface area contributed by atoms with Gasteiger partial charge in [-0.25, -0.2) is 0 Å². The molecule has 1 atom stereocenters. The molecule has 0 radical (unpaired) electrons. The van der Waals surface area contributed by atoms with E-state index in [9.17, 15) is 4.79 Å². The zero-order valence-corrected chi connectivity index (χ0v) is 9.35. The first kappa shape index (κ1) is 10.3. The third-order valence-electron chi connectivity index (χ3n) is 3.16. The molecule has 1 aliphatic heterocycles. The zero-order valence-electron chi connectivity index (χ0n) is 9.35. The van der Waals surface area contributed by atoms with Gasteiger partial charge in [0.2, 0.25) is 5.78 Å². The molecule has 1 aliphatic rings. The van der Waals surface area contributed by atoms with Crippen molar-refractivity contribution in [3.05, 3.63) is 59.5 Å². The Morgan fingerprint density at radius 1 is 1.18 bits per heavy atom. The van der Waals surface area contributed by atoms with Crippen molar-refractivity contribution < 1.29 is 9.21 Å². The highest BCUT2D eigenvalue weighted by Gasteiger charge is 2.26. The maximum Gasteiger partial charge on any atom is 0.215 e. The minimum Gasteiger partial charge on any atom is -0.461 e. The molecule has 0 spiro atoms. The van der Waals surface area contributed by atoms with Crippen molar-refractivity contribution in [3.63, 3.8) is 0 Å². The molecule has 0 bridgehead atoms. The lowest BCUT2D eigenvalue weighted by Gasteiger charge is -2.24. The lowest BCUT2D eigenvalue weighted by molar-refractivity contribution is 0.0910. The van der Waals surface area contributed by atoms with E-state index in [-0.39, 0.29) is 11.8 Å². The van der Waals surface area contributed by atoms with E-state index in [1.807, 2.05) is 12.1 Å². The van der Waals surface area contributed by atoms with Crippen LogP contribution < -0.4 is 5.32 Å². The van der Waals surface area contributed by atoms with Gasteiger partial charge in [-0.05, 0) is 29.7 Å². The largest absolute Gasteiger partial charge is 0.461 e. The van der Waals surface area contributed by atoms with Gasteiger partial charge in [0.05, 0.1) is 12.3 Å². The van der Waals surface area contributed by atoms with E-state index in [0.29, 0.717) is 5.76 Å². The highest BCUT2D eigenvalue weighted by Crippen LogP contribution is 2.18. The Hall–Kier alpha value is -1.87. The van der Waals surface area contributed by atoms with Gasteiger partial charge in [-0.3, -0.25) is 4.79 Å². The molecular weight excluding hydrogens is 214 g/mol. The van der Waals surface area contributed by atoms with Gasteiger partial charge in [0.25, 0.3) is 0 Å². The molecule has 1 aromatic carbocycles. The molecular formula is C14H13NO2. The molecule has 0 saturated carbocycles. The third kappa shape index (κ3) is 1.89. The van der Waals surface area contributed by atoms with Crippen LogP contribution in [0.1, 0.15) is 21.7 Å². The van der Waals surface area contributed by atoms with Crippen molar-refractivity contribution in [2.24, 2.45) is 0 Å². The molecule has 0 saturated heterocycles. The summed E-state index contributed by atoms with van der Waals surface area (Å²) >= 11 is 0. The van der Waals surface area contributed by atoms with Crippen molar-refractivity contribution in [1.82, 2.24) is 5.32 Å². The molecule has 1 aromatic heterocycles. The zero-order chi connectivity index (χ0) is 11.7. The van der Waals surface area contributed by atoms with E-state index >= 15 is 0 Å². The van der Waals surface area contributed by atoms with Gasteiger partial charge >= 0.3 is 0 Å². The predicted octanol–water partition coefficient (Wildman–Crippen LogP) is 2.18. The number of fused-ring (bicyclic) bond motifs is 1. The average Bonchev–Trinajstić information content (AvgIpc) is 2.91. The highest BCUT2D eigenvalue weighted by atomic mass is 16.3. The Balaban J connectivity index is 1.83. The normalized spacial score (nSPS) is 18.7.